The Bertz CT molecular complexity index is 1060. The first-order valence-electron chi connectivity index (χ1n) is 7.88. The van der Waals surface area contributed by atoms with Gasteiger partial charge >= 0.3 is 0 Å². The molecule has 2 aromatic carbocycles. The van der Waals surface area contributed by atoms with Gasteiger partial charge in [0.1, 0.15) is 0 Å². The highest BCUT2D eigenvalue weighted by Gasteiger charge is 2.10. The zero-order valence-electron chi connectivity index (χ0n) is 14.0. The molecule has 0 aliphatic carbocycles. The average molecular weight is 331 g/mol. The normalized spacial score (nSPS) is 10.3. The molecule has 0 aliphatic heterocycles. The molecule has 0 aliphatic rings. The van der Waals surface area contributed by atoms with E-state index in [0.29, 0.717) is 10.9 Å². The third-order valence-corrected chi connectivity index (χ3v) is 3.78. The van der Waals surface area contributed by atoms with E-state index >= 15 is 0 Å². The fraction of sp³-hybridized carbons (Fsp3) is 0.100. The minimum absolute atomic E-state index is 0.106. The van der Waals surface area contributed by atoms with Crippen molar-refractivity contribution in [3.05, 3.63) is 88.2 Å². The average Bonchev–Trinajstić information content (AvgIpc) is 2.61. The highest BCUT2D eigenvalue weighted by Crippen LogP contribution is 2.23. The lowest BCUT2D eigenvalue weighted by atomic mass is 10.2. The number of nitro groups is 1. The van der Waals surface area contributed by atoms with Gasteiger partial charge in [-0.2, -0.15) is 0 Å². The summed E-state index contributed by atoms with van der Waals surface area (Å²) >= 11 is 0. The Kier molecular flexibility index (Phi) is 4.66. The van der Waals surface area contributed by atoms with Crippen molar-refractivity contribution in [3.63, 3.8) is 0 Å². The van der Waals surface area contributed by atoms with Crippen molar-refractivity contribution in [2.75, 3.05) is 0 Å². The molecule has 0 bridgehead atoms. The lowest BCUT2D eigenvalue weighted by molar-refractivity contribution is -0.383. The first-order chi connectivity index (χ1) is 12.0. The molecule has 0 N–H and O–H groups in total. The van der Waals surface area contributed by atoms with Crippen LogP contribution in [0.2, 0.25) is 0 Å². The van der Waals surface area contributed by atoms with Gasteiger partial charge in [0.2, 0.25) is 0 Å². The smallest absolute Gasteiger partial charge is 0.258 e. The predicted octanol–water partition coefficient (Wildman–Crippen LogP) is 4.99. The van der Waals surface area contributed by atoms with Crippen LogP contribution in [0.15, 0.2) is 66.7 Å². The van der Waals surface area contributed by atoms with Gasteiger partial charge in [0.25, 0.3) is 5.69 Å². The van der Waals surface area contributed by atoms with Gasteiger partial charge in [-0.1, -0.05) is 30.3 Å². The van der Waals surface area contributed by atoms with Crippen LogP contribution in [0, 0.1) is 24.0 Å². The molecule has 0 fully saturated rings. The van der Waals surface area contributed by atoms with Crippen LogP contribution in [0.3, 0.4) is 0 Å². The second kappa shape index (κ2) is 7.05. The summed E-state index contributed by atoms with van der Waals surface area (Å²) in [5, 5.41) is 12.5. The number of nitro benzene ring substituents is 1. The maximum absolute atomic E-state index is 10.7. The Morgan fingerprint density at radius 2 is 1.40 bits per heavy atom. The summed E-state index contributed by atoms with van der Waals surface area (Å²) in [4.78, 5) is 18.9. The summed E-state index contributed by atoms with van der Waals surface area (Å²) in [6, 6.07) is 20.7. The van der Waals surface area contributed by atoms with Crippen molar-refractivity contribution in [2.45, 2.75) is 13.8 Å². The van der Waals surface area contributed by atoms with E-state index in [2.05, 4.69) is 22.1 Å². The summed E-state index contributed by atoms with van der Waals surface area (Å²) in [6.45, 7) is 3.87. The maximum atomic E-state index is 10.7. The topological polar surface area (TPSA) is 68.9 Å². The largest absolute Gasteiger partial charge is 0.278 e. The minimum Gasteiger partial charge on any atom is -0.258 e. The van der Waals surface area contributed by atoms with Crippen LogP contribution < -0.4 is 0 Å². The Balaban J connectivity index is 0.000000150. The Hall–Kier alpha value is -3.34. The number of nitrogens with zero attached hydrogens (tertiary/aromatic N) is 3. The molecule has 0 amide bonds. The number of non-ortho nitro benzene ring substituents is 1. The zero-order chi connectivity index (χ0) is 17.8. The molecule has 0 radical (unpaired) electrons. The van der Waals surface area contributed by atoms with Gasteiger partial charge in [-0.15, -0.1) is 0 Å². The van der Waals surface area contributed by atoms with Gasteiger partial charge in [-0.3, -0.25) is 20.1 Å². The van der Waals surface area contributed by atoms with E-state index in [1.165, 1.54) is 11.5 Å². The molecule has 124 valence electrons. The third kappa shape index (κ3) is 3.77. The predicted molar refractivity (Wildman–Crippen MR) is 99.6 cm³/mol. The number of hydrogen-bond donors (Lipinski definition) is 0. The summed E-state index contributed by atoms with van der Waals surface area (Å²) < 4.78 is 0. The standard InChI is InChI=1S/C10H8N2O2.C10H9N/c1-7-5-6-8-9(11-7)3-2-4-10(8)12(13)14;1-8-6-7-9-4-2-3-5-10(9)11-8/h2-6H,1H3;2-7H,1H3. The van der Waals surface area contributed by atoms with Crippen LogP contribution in [0.25, 0.3) is 21.8 Å². The second-order valence-electron chi connectivity index (χ2n) is 5.70. The van der Waals surface area contributed by atoms with Crippen molar-refractivity contribution in [2.24, 2.45) is 0 Å². The molecule has 0 unspecified atom stereocenters. The second-order valence-corrected chi connectivity index (χ2v) is 5.70. The fourth-order valence-electron chi connectivity index (χ4n) is 2.57. The van der Waals surface area contributed by atoms with Gasteiger partial charge < -0.3 is 0 Å². The number of benzene rings is 2. The van der Waals surface area contributed by atoms with E-state index in [4.69, 9.17) is 0 Å². The van der Waals surface area contributed by atoms with Crippen LogP contribution >= 0.6 is 0 Å². The number of para-hydroxylation sites is 1. The number of pyridine rings is 2. The Morgan fingerprint density at radius 3 is 2.16 bits per heavy atom. The van der Waals surface area contributed by atoms with Crippen LogP contribution in [0.4, 0.5) is 5.69 Å². The third-order valence-electron chi connectivity index (χ3n) is 3.78. The number of rotatable bonds is 1. The Morgan fingerprint density at radius 1 is 0.760 bits per heavy atom. The molecule has 5 nitrogen and oxygen atoms in total. The molecule has 4 rings (SSSR count). The first kappa shape index (κ1) is 16.5. The van der Waals surface area contributed by atoms with Gasteiger partial charge in [0.05, 0.1) is 21.3 Å². The Labute approximate surface area is 145 Å². The van der Waals surface area contributed by atoms with Gasteiger partial charge in [-0.05, 0) is 44.2 Å². The van der Waals surface area contributed by atoms with Crippen molar-refractivity contribution in [1.29, 1.82) is 0 Å². The molecule has 0 spiro atoms. The molecular formula is C20H17N3O2. The summed E-state index contributed by atoms with van der Waals surface area (Å²) in [5.74, 6) is 0. The highest BCUT2D eigenvalue weighted by atomic mass is 16.6. The number of hydrogen-bond acceptors (Lipinski definition) is 4. The molecule has 0 atom stereocenters. The monoisotopic (exact) mass is 331 g/mol. The fourth-order valence-corrected chi connectivity index (χ4v) is 2.57. The SMILES string of the molecule is Cc1ccc2c([N+](=O)[O-])cccc2n1.Cc1ccc2ccccc2n1. The lowest BCUT2D eigenvalue weighted by Gasteiger charge is -1.99. The number of fused-ring (bicyclic) bond motifs is 2. The van der Waals surface area contributed by atoms with Crippen molar-refractivity contribution >= 4 is 27.5 Å². The minimum atomic E-state index is -0.390. The van der Waals surface area contributed by atoms with Crippen LogP contribution in [0.1, 0.15) is 11.4 Å². The summed E-state index contributed by atoms with van der Waals surface area (Å²) in [5.41, 5.74) is 3.78. The van der Waals surface area contributed by atoms with Crippen LogP contribution in [-0.4, -0.2) is 14.9 Å². The van der Waals surface area contributed by atoms with E-state index in [0.717, 1.165) is 16.9 Å². The van der Waals surface area contributed by atoms with Gasteiger partial charge in [0.15, 0.2) is 0 Å². The molecule has 2 heterocycles. The van der Waals surface area contributed by atoms with Crippen molar-refractivity contribution < 1.29 is 4.92 Å². The molecule has 0 saturated heterocycles. The molecule has 5 heteroatoms. The molecule has 2 aromatic heterocycles. The number of aromatic nitrogens is 2. The maximum Gasteiger partial charge on any atom is 0.278 e. The van der Waals surface area contributed by atoms with Gasteiger partial charge in [-0.25, -0.2) is 0 Å². The van der Waals surface area contributed by atoms with E-state index in [1.54, 1.807) is 24.3 Å². The van der Waals surface area contributed by atoms with E-state index in [-0.39, 0.29) is 10.6 Å². The lowest BCUT2D eigenvalue weighted by Crippen LogP contribution is -1.91. The summed E-state index contributed by atoms with van der Waals surface area (Å²) in [7, 11) is 0. The van der Waals surface area contributed by atoms with Gasteiger partial charge in [0, 0.05) is 22.8 Å². The molecule has 0 saturated carbocycles. The summed E-state index contributed by atoms with van der Waals surface area (Å²) in [6.07, 6.45) is 0. The van der Waals surface area contributed by atoms with Crippen molar-refractivity contribution in [1.82, 2.24) is 9.97 Å². The van der Waals surface area contributed by atoms with Crippen LogP contribution in [0.5, 0.6) is 0 Å². The highest BCUT2D eigenvalue weighted by molar-refractivity contribution is 5.87. The first-order valence-corrected chi connectivity index (χ1v) is 7.88. The number of aryl methyl sites for hydroxylation is 2. The molecule has 25 heavy (non-hydrogen) atoms. The quantitative estimate of drug-likeness (QED) is 0.364. The molecule has 4 aromatic rings. The molecular weight excluding hydrogens is 314 g/mol. The zero-order valence-corrected chi connectivity index (χ0v) is 14.0. The van der Waals surface area contributed by atoms with E-state index < -0.39 is 0 Å². The van der Waals surface area contributed by atoms with E-state index in [9.17, 15) is 10.1 Å². The van der Waals surface area contributed by atoms with Crippen LogP contribution in [-0.2, 0) is 0 Å². The van der Waals surface area contributed by atoms with E-state index in [1.807, 2.05) is 38.1 Å². The van der Waals surface area contributed by atoms with Crippen molar-refractivity contribution in [3.8, 4) is 0 Å².